The van der Waals surface area contributed by atoms with E-state index in [1.165, 1.54) is 42.9 Å². The Morgan fingerprint density at radius 3 is 2.47 bits per heavy atom. The van der Waals surface area contributed by atoms with Crippen LogP contribution in [0.5, 0.6) is 0 Å². The fraction of sp³-hybridized carbons (Fsp3) is 0.769. The maximum Gasteiger partial charge on any atom is 0.109 e. The minimum absolute atomic E-state index is 0.335. The lowest BCUT2D eigenvalue weighted by molar-refractivity contribution is 0.395. The molecule has 15 heavy (non-hydrogen) atoms. The molecule has 0 radical (unpaired) electrons. The monoisotopic (exact) mass is 206 g/mol. The number of aromatic nitrogens is 2. The van der Waals surface area contributed by atoms with Crippen molar-refractivity contribution in [2.24, 2.45) is 12.5 Å². The van der Waals surface area contributed by atoms with Gasteiger partial charge >= 0.3 is 0 Å². The molecule has 1 aliphatic rings. The molecule has 1 aromatic heterocycles. The largest absolute Gasteiger partial charge is 0.335 e. The van der Waals surface area contributed by atoms with Gasteiger partial charge in [-0.15, -0.1) is 0 Å². The average Bonchev–Trinajstić information content (AvgIpc) is 2.42. The van der Waals surface area contributed by atoms with Gasteiger partial charge < -0.3 is 4.57 Å². The van der Waals surface area contributed by atoms with Crippen molar-refractivity contribution < 1.29 is 0 Å². The minimum atomic E-state index is 0.335. The van der Waals surface area contributed by atoms with Gasteiger partial charge in [0.25, 0.3) is 0 Å². The van der Waals surface area contributed by atoms with E-state index in [4.69, 9.17) is 4.98 Å². The topological polar surface area (TPSA) is 17.8 Å². The molecule has 0 aliphatic heterocycles. The summed E-state index contributed by atoms with van der Waals surface area (Å²) >= 11 is 0. The molecule has 1 heterocycles. The summed E-state index contributed by atoms with van der Waals surface area (Å²) in [5.41, 5.74) is 3.19. The highest BCUT2D eigenvalue weighted by molar-refractivity contribution is 5.20. The Bertz CT molecular complexity index is 355. The molecule has 2 heteroatoms. The van der Waals surface area contributed by atoms with Gasteiger partial charge in [0, 0.05) is 19.2 Å². The predicted molar refractivity (Wildman–Crippen MR) is 63.0 cm³/mol. The van der Waals surface area contributed by atoms with Gasteiger partial charge in [0.2, 0.25) is 0 Å². The van der Waals surface area contributed by atoms with Gasteiger partial charge in [0.15, 0.2) is 0 Å². The molecule has 0 aromatic carbocycles. The number of hydrogen-bond acceptors (Lipinski definition) is 1. The Labute approximate surface area is 92.7 Å². The minimum Gasteiger partial charge on any atom is -0.335 e. The van der Waals surface area contributed by atoms with Gasteiger partial charge in [-0.05, 0) is 31.1 Å². The van der Waals surface area contributed by atoms with E-state index < -0.39 is 0 Å². The van der Waals surface area contributed by atoms with Crippen molar-refractivity contribution in [1.29, 1.82) is 0 Å². The molecule has 0 bridgehead atoms. The van der Waals surface area contributed by atoms with Gasteiger partial charge in [-0.1, -0.05) is 20.8 Å². The molecule has 0 saturated carbocycles. The second-order valence-corrected chi connectivity index (χ2v) is 5.92. The van der Waals surface area contributed by atoms with Gasteiger partial charge in [-0.2, -0.15) is 0 Å². The molecule has 0 unspecified atom stereocenters. The molecule has 84 valence electrons. The maximum atomic E-state index is 4.80. The lowest BCUT2D eigenvalue weighted by atomic mass is 9.92. The normalized spacial score (nSPS) is 16.5. The second kappa shape index (κ2) is 3.66. The van der Waals surface area contributed by atoms with Crippen LogP contribution in [0.15, 0.2) is 0 Å². The average molecular weight is 206 g/mol. The van der Waals surface area contributed by atoms with Gasteiger partial charge in [0.05, 0.1) is 5.69 Å². The van der Waals surface area contributed by atoms with Crippen LogP contribution in [0.25, 0.3) is 0 Å². The number of aryl methyl sites for hydroxylation is 1. The fourth-order valence-corrected chi connectivity index (χ4v) is 2.37. The zero-order valence-corrected chi connectivity index (χ0v) is 10.4. The Morgan fingerprint density at radius 1 is 1.20 bits per heavy atom. The SMILES string of the molecule is Cn1c(CC(C)(C)C)nc2c1CCCC2. The van der Waals surface area contributed by atoms with Crippen molar-refractivity contribution in [2.75, 3.05) is 0 Å². The molecular formula is C13H22N2. The number of fused-ring (bicyclic) bond motifs is 1. The molecule has 1 aliphatic carbocycles. The highest BCUT2D eigenvalue weighted by atomic mass is 15.1. The van der Waals surface area contributed by atoms with Crippen LogP contribution in [-0.2, 0) is 26.3 Å². The summed E-state index contributed by atoms with van der Waals surface area (Å²) in [6.45, 7) is 6.84. The van der Waals surface area contributed by atoms with E-state index in [0.29, 0.717) is 5.41 Å². The first-order valence-corrected chi connectivity index (χ1v) is 6.01. The summed E-state index contributed by atoms with van der Waals surface area (Å²) in [6, 6.07) is 0. The molecule has 0 fully saturated rings. The quantitative estimate of drug-likeness (QED) is 0.691. The second-order valence-electron chi connectivity index (χ2n) is 5.92. The van der Waals surface area contributed by atoms with Gasteiger partial charge in [0.1, 0.15) is 5.82 Å². The van der Waals surface area contributed by atoms with E-state index in [1.54, 1.807) is 0 Å². The lowest BCUT2D eigenvalue weighted by Gasteiger charge is -2.17. The van der Waals surface area contributed by atoms with E-state index >= 15 is 0 Å². The third-order valence-corrected chi connectivity index (χ3v) is 3.15. The first kappa shape index (κ1) is 10.7. The molecule has 2 nitrogen and oxygen atoms in total. The zero-order chi connectivity index (χ0) is 11.1. The third kappa shape index (κ3) is 2.24. The first-order chi connectivity index (χ1) is 6.97. The Hall–Kier alpha value is -0.790. The van der Waals surface area contributed by atoms with E-state index in [-0.39, 0.29) is 0 Å². The van der Waals surface area contributed by atoms with Crippen molar-refractivity contribution in [2.45, 2.75) is 52.9 Å². The molecule has 0 atom stereocenters. The first-order valence-electron chi connectivity index (χ1n) is 6.01. The van der Waals surface area contributed by atoms with Crippen LogP contribution >= 0.6 is 0 Å². The van der Waals surface area contributed by atoms with Crippen molar-refractivity contribution >= 4 is 0 Å². The van der Waals surface area contributed by atoms with Crippen molar-refractivity contribution in [1.82, 2.24) is 9.55 Å². The molecule has 1 aromatic rings. The van der Waals surface area contributed by atoms with Crippen molar-refractivity contribution in [3.8, 4) is 0 Å². The van der Waals surface area contributed by atoms with Crippen LogP contribution in [0.1, 0.15) is 50.8 Å². The highest BCUT2D eigenvalue weighted by Crippen LogP contribution is 2.25. The Morgan fingerprint density at radius 2 is 1.87 bits per heavy atom. The fourth-order valence-electron chi connectivity index (χ4n) is 2.37. The van der Waals surface area contributed by atoms with E-state index in [0.717, 1.165) is 6.42 Å². The molecule has 0 spiro atoms. The number of rotatable bonds is 1. The molecule has 0 saturated heterocycles. The molecule has 0 amide bonds. The van der Waals surface area contributed by atoms with Crippen LogP contribution in [0.2, 0.25) is 0 Å². The van der Waals surface area contributed by atoms with Crippen LogP contribution in [-0.4, -0.2) is 9.55 Å². The van der Waals surface area contributed by atoms with E-state index in [1.807, 2.05) is 0 Å². The zero-order valence-electron chi connectivity index (χ0n) is 10.4. The van der Waals surface area contributed by atoms with Crippen LogP contribution < -0.4 is 0 Å². The third-order valence-electron chi connectivity index (χ3n) is 3.15. The Kier molecular flexibility index (Phi) is 2.61. The molecule has 0 N–H and O–H groups in total. The maximum absolute atomic E-state index is 4.80. The smallest absolute Gasteiger partial charge is 0.109 e. The highest BCUT2D eigenvalue weighted by Gasteiger charge is 2.21. The summed E-state index contributed by atoms with van der Waals surface area (Å²) in [5, 5.41) is 0. The number of hydrogen-bond donors (Lipinski definition) is 0. The summed E-state index contributed by atoms with van der Waals surface area (Å²) < 4.78 is 2.33. The van der Waals surface area contributed by atoms with E-state index in [2.05, 4.69) is 32.4 Å². The molecular weight excluding hydrogens is 184 g/mol. The number of nitrogens with zero attached hydrogens (tertiary/aromatic N) is 2. The molecule has 2 rings (SSSR count). The summed E-state index contributed by atoms with van der Waals surface area (Å²) in [4.78, 5) is 4.80. The predicted octanol–water partition coefficient (Wildman–Crippen LogP) is 2.89. The number of imidazole rings is 1. The van der Waals surface area contributed by atoms with Crippen molar-refractivity contribution in [3.05, 3.63) is 17.2 Å². The van der Waals surface area contributed by atoms with Crippen LogP contribution in [0, 0.1) is 5.41 Å². The summed E-state index contributed by atoms with van der Waals surface area (Å²) in [7, 11) is 2.18. The summed E-state index contributed by atoms with van der Waals surface area (Å²) in [5.74, 6) is 1.27. The van der Waals surface area contributed by atoms with Crippen molar-refractivity contribution in [3.63, 3.8) is 0 Å². The summed E-state index contributed by atoms with van der Waals surface area (Å²) in [6.07, 6.45) is 6.15. The standard InChI is InChI=1S/C13H22N2/c1-13(2,3)9-12-14-10-7-5-6-8-11(10)15(12)4/h5-9H2,1-4H3. The Balaban J connectivity index is 2.29. The lowest BCUT2D eigenvalue weighted by Crippen LogP contribution is -2.14. The van der Waals surface area contributed by atoms with Gasteiger partial charge in [-0.3, -0.25) is 0 Å². The van der Waals surface area contributed by atoms with E-state index in [9.17, 15) is 0 Å². The van der Waals surface area contributed by atoms with Crippen LogP contribution in [0.4, 0.5) is 0 Å². The van der Waals surface area contributed by atoms with Crippen LogP contribution in [0.3, 0.4) is 0 Å². The van der Waals surface area contributed by atoms with Gasteiger partial charge in [-0.25, -0.2) is 4.98 Å².